The molecule has 1 N–H and O–H groups in total. The summed E-state index contributed by atoms with van der Waals surface area (Å²) in [7, 11) is 0. The van der Waals surface area contributed by atoms with Crippen molar-refractivity contribution in [3.63, 3.8) is 0 Å². The first kappa shape index (κ1) is 20.3. The van der Waals surface area contributed by atoms with Gasteiger partial charge in [-0.25, -0.2) is 9.78 Å². The number of aromatic nitrogens is 1. The van der Waals surface area contributed by atoms with Gasteiger partial charge in [0.05, 0.1) is 23.8 Å². The van der Waals surface area contributed by atoms with Crippen LogP contribution in [0.5, 0.6) is 0 Å². The molecule has 150 valence electrons. The molecule has 0 unspecified atom stereocenters. The molecular weight excluding hydrogens is 368 g/mol. The molecule has 0 bridgehead atoms. The van der Waals surface area contributed by atoms with Crippen molar-refractivity contribution in [3.8, 4) is 6.07 Å². The normalized spacial score (nSPS) is 20.4. The zero-order valence-corrected chi connectivity index (χ0v) is 17.0. The number of carbonyl (C=O) groups is 2. The molecule has 3 atom stereocenters. The van der Waals surface area contributed by atoms with E-state index in [1.165, 1.54) is 6.20 Å². The molecule has 2 aromatic rings. The fourth-order valence-electron chi connectivity index (χ4n) is 3.75. The first-order valence-electron chi connectivity index (χ1n) is 9.61. The van der Waals surface area contributed by atoms with Gasteiger partial charge in [-0.2, -0.15) is 5.26 Å². The topological polar surface area (TPSA) is 95.3 Å². The van der Waals surface area contributed by atoms with Crippen LogP contribution in [-0.2, 0) is 9.53 Å². The third-order valence-electron chi connectivity index (χ3n) is 5.36. The van der Waals surface area contributed by atoms with E-state index in [9.17, 15) is 9.59 Å². The van der Waals surface area contributed by atoms with Crippen molar-refractivity contribution in [1.29, 1.82) is 5.26 Å². The quantitative estimate of drug-likeness (QED) is 0.798. The van der Waals surface area contributed by atoms with Crippen molar-refractivity contribution >= 4 is 23.4 Å². The van der Waals surface area contributed by atoms with Gasteiger partial charge in [0, 0.05) is 30.8 Å². The SMILES string of the molecule is CCOC(=O)c1ccc2c(c1)[C@H](Nc1ccc(C#N)cn1)[C@@H](C)[C@H](C)N2C(C)=O. The van der Waals surface area contributed by atoms with Crippen LogP contribution in [0, 0.1) is 17.2 Å². The molecule has 0 spiro atoms. The third kappa shape index (κ3) is 3.92. The van der Waals surface area contributed by atoms with Gasteiger partial charge in [0.15, 0.2) is 0 Å². The van der Waals surface area contributed by atoms with Crippen molar-refractivity contribution in [3.05, 3.63) is 53.2 Å². The van der Waals surface area contributed by atoms with Crippen molar-refractivity contribution in [1.82, 2.24) is 4.98 Å². The van der Waals surface area contributed by atoms with E-state index in [4.69, 9.17) is 10.00 Å². The number of esters is 1. The highest BCUT2D eigenvalue weighted by Gasteiger charge is 2.38. The summed E-state index contributed by atoms with van der Waals surface area (Å²) in [5, 5.41) is 12.4. The largest absolute Gasteiger partial charge is 0.462 e. The average Bonchev–Trinajstić information content (AvgIpc) is 2.71. The molecule has 29 heavy (non-hydrogen) atoms. The fourth-order valence-corrected chi connectivity index (χ4v) is 3.75. The number of nitrogens with one attached hydrogen (secondary N) is 1. The van der Waals surface area contributed by atoms with Gasteiger partial charge in [-0.1, -0.05) is 6.92 Å². The molecule has 1 amide bonds. The van der Waals surface area contributed by atoms with Crippen molar-refractivity contribution in [2.45, 2.75) is 39.8 Å². The first-order valence-corrected chi connectivity index (χ1v) is 9.61. The van der Waals surface area contributed by atoms with E-state index in [2.05, 4.69) is 23.3 Å². The number of pyridine rings is 1. The Balaban J connectivity index is 2.06. The van der Waals surface area contributed by atoms with Gasteiger partial charge in [0.1, 0.15) is 11.9 Å². The van der Waals surface area contributed by atoms with Crippen LogP contribution in [0.2, 0.25) is 0 Å². The van der Waals surface area contributed by atoms with Crippen LogP contribution >= 0.6 is 0 Å². The smallest absolute Gasteiger partial charge is 0.338 e. The summed E-state index contributed by atoms with van der Waals surface area (Å²) in [6.45, 7) is 7.66. The van der Waals surface area contributed by atoms with Gasteiger partial charge in [-0.05, 0) is 49.7 Å². The van der Waals surface area contributed by atoms with Crippen LogP contribution in [0.15, 0.2) is 36.5 Å². The molecule has 2 heterocycles. The molecular formula is C22H24N4O3. The van der Waals surface area contributed by atoms with Crippen molar-refractivity contribution < 1.29 is 14.3 Å². The van der Waals surface area contributed by atoms with Gasteiger partial charge in [-0.3, -0.25) is 4.79 Å². The van der Waals surface area contributed by atoms with Crippen molar-refractivity contribution in [2.24, 2.45) is 5.92 Å². The zero-order chi connectivity index (χ0) is 21.1. The van der Waals surface area contributed by atoms with Crippen LogP contribution in [0.25, 0.3) is 0 Å². The Bertz CT molecular complexity index is 965. The number of ether oxygens (including phenoxy) is 1. The molecule has 1 aromatic heterocycles. The van der Waals surface area contributed by atoms with Gasteiger partial charge in [0.2, 0.25) is 5.91 Å². The van der Waals surface area contributed by atoms with Gasteiger partial charge >= 0.3 is 5.97 Å². The van der Waals surface area contributed by atoms with Crippen LogP contribution in [-0.4, -0.2) is 29.5 Å². The molecule has 1 aliphatic heterocycles. The predicted octanol–water partition coefficient (Wildman–Crippen LogP) is 3.67. The number of benzene rings is 1. The number of nitriles is 1. The summed E-state index contributed by atoms with van der Waals surface area (Å²) in [6, 6.07) is 10.5. The second-order valence-electron chi connectivity index (χ2n) is 7.15. The van der Waals surface area contributed by atoms with E-state index < -0.39 is 5.97 Å². The second-order valence-corrected chi connectivity index (χ2v) is 7.15. The summed E-state index contributed by atoms with van der Waals surface area (Å²) in [4.78, 5) is 30.7. The molecule has 0 aliphatic carbocycles. The van der Waals surface area contributed by atoms with Gasteiger partial charge in [-0.15, -0.1) is 0 Å². The lowest BCUT2D eigenvalue weighted by Crippen LogP contribution is -2.48. The molecule has 3 rings (SSSR count). The minimum atomic E-state index is -0.397. The zero-order valence-electron chi connectivity index (χ0n) is 17.0. The molecule has 0 saturated heterocycles. The maximum Gasteiger partial charge on any atom is 0.338 e. The number of nitrogens with zero attached hydrogens (tertiary/aromatic N) is 3. The lowest BCUT2D eigenvalue weighted by molar-refractivity contribution is -0.117. The van der Waals surface area contributed by atoms with E-state index in [-0.39, 0.29) is 23.9 Å². The Morgan fingerprint density at radius 2 is 2.03 bits per heavy atom. The molecule has 1 aromatic carbocycles. The van der Waals surface area contributed by atoms with E-state index >= 15 is 0 Å². The number of fused-ring (bicyclic) bond motifs is 1. The molecule has 0 fully saturated rings. The monoisotopic (exact) mass is 392 g/mol. The Labute approximate surface area is 170 Å². The Hall–Kier alpha value is -3.40. The minimum absolute atomic E-state index is 0.0429. The second kappa shape index (κ2) is 8.31. The lowest BCUT2D eigenvalue weighted by atomic mass is 9.82. The number of anilines is 2. The number of hydrogen-bond donors (Lipinski definition) is 1. The van der Waals surface area contributed by atoms with E-state index in [1.807, 2.05) is 6.92 Å². The summed E-state index contributed by atoms with van der Waals surface area (Å²) >= 11 is 0. The third-order valence-corrected chi connectivity index (χ3v) is 5.36. The molecule has 7 nitrogen and oxygen atoms in total. The maximum absolute atomic E-state index is 12.3. The number of hydrogen-bond acceptors (Lipinski definition) is 6. The number of amides is 1. The first-order chi connectivity index (χ1) is 13.9. The Kier molecular flexibility index (Phi) is 5.83. The predicted molar refractivity (Wildman–Crippen MR) is 110 cm³/mol. The molecule has 0 saturated carbocycles. The Morgan fingerprint density at radius 3 is 2.62 bits per heavy atom. The summed E-state index contributed by atoms with van der Waals surface area (Å²) < 4.78 is 5.14. The lowest BCUT2D eigenvalue weighted by Gasteiger charge is -2.44. The number of carbonyl (C=O) groups excluding carboxylic acids is 2. The Morgan fingerprint density at radius 1 is 1.28 bits per heavy atom. The fraction of sp³-hybridized carbons (Fsp3) is 0.364. The summed E-state index contributed by atoms with van der Waals surface area (Å²) in [6.07, 6.45) is 1.51. The number of rotatable bonds is 4. The van der Waals surface area contributed by atoms with E-state index in [0.717, 1.165) is 11.3 Å². The highest BCUT2D eigenvalue weighted by atomic mass is 16.5. The summed E-state index contributed by atoms with van der Waals surface area (Å²) in [5.41, 5.74) is 2.52. The summed E-state index contributed by atoms with van der Waals surface area (Å²) in [5.74, 6) is 0.216. The van der Waals surface area contributed by atoms with Crippen LogP contribution in [0.3, 0.4) is 0 Å². The standard InChI is InChI=1S/C22H24N4O3/c1-5-29-22(28)17-7-8-19-18(10-17)21(13(2)14(3)26(19)15(4)27)25-20-9-6-16(11-23)12-24-20/h6-10,12-14,21H,5H2,1-4H3,(H,24,25)/t13-,14-,21+/m0/s1. The highest BCUT2D eigenvalue weighted by Crippen LogP contribution is 2.42. The van der Waals surface area contributed by atoms with Crippen LogP contribution in [0.4, 0.5) is 11.5 Å². The van der Waals surface area contributed by atoms with Crippen LogP contribution in [0.1, 0.15) is 55.2 Å². The molecule has 7 heteroatoms. The van der Waals surface area contributed by atoms with Crippen molar-refractivity contribution in [2.75, 3.05) is 16.8 Å². The average molecular weight is 392 g/mol. The van der Waals surface area contributed by atoms with E-state index in [0.29, 0.717) is 23.6 Å². The van der Waals surface area contributed by atoms with Gasteiger partial charge in [0.25, 0.3) is 0 Å². The molecule has 1 aliphatic rings. The highest BCUT2D eigenvalue weighted by molar-refractivity contribution is 5.96. The van der Waals surface area contributed by atoms with Crippen LogP contribution < -0.4 is 10.2 Å². The maximum atomic E-state index is 12.3. The minimum Gasteiger partial charge on any atom is -0.462 e. The van der Waals surface area contributed by atoms with E-state index in [1.54, 1.807) is 49.1 Å². The molecule has 0 radical (unpaired) electrons. The van der Waals surface area contributed by atoms with Gasteiger partial charge < -0.3 is 15.0 Å².